The first kappa shape index (κ1) is 14.6. The van der Waals surface area contributed by atoms with E-state index in [4.69, 9.17) is 9.47 Å². The number of hydrogen-bond donors (Lipinski definition) is 5. The Hall–Kier alpha value is 0.500. The van der Waals surface area contributed by atoms with Crippen LogP contribution in [0.15, 0.2) is 0 Å². The van der Waals surface area contributed by atoms with E-state index in [9.17, 15) is 15.3 Å². The second-order valence-corrected chi connectivity index (χ2v) is 4.46. The Morgan fingerprint density at radius 1 is 1.06 bits per heavy atom. The molecule has 1 rings (SSSR count). The summed E-state index contributed by atoms with van der Waals surface area (Å²) in [4.78, 5) is 0. The van der Waals surface area contributed by atoms with Crippen molar-refractivity contribution in [1.29, 1.82) is 0 Å². The molecule has 0 aromatic carbocycles. The Balaban J connectivity index is 2.50. The van der Waals surface area contributed by atoms with Gasteiger partial charge in [0, 0.05) is 5.75 Å². The summed E-state index contributed by atoms with van der Waals surface area (Å²) in [5.74, 6) is 0.918. The van der Waals surface area contributed by atoms with Crippen molar-refractivity contribution in [3.05, 3.63) is 0 Å². The fraction of sp³-hybridized carbons (Fsp3) is 1.00. The zero-order chi connectivity index (χ0) is 12.1. The van der Waals surface area contributed by atoms with Crippen molar-refractivity contribution in [1.82, 2.24) is 0 Å². The molecule has 0 spiro atoms. The van der Waals surface area contributed by atoms with Crippen LogP contribution in [0.2, 0.25) is 0 Å². The first-order chi connectivity index (χ1) is 7.61. The first-order valence-electron chi connectivity index (χ1n) is 5.14. The molecule has 5 atom stereocenters. The number of rotatable bonds is 5. The summed E-state index contributed by atoms with van der Waals surface area (Å²) < 4.78 is 10.6. The highest BCUT2D eigenvalue weighted by molar-refractivity contribution is 7.80. The predicted molar refractivity (Wildman–Crippen MR) is 65.0 cm³/mol. The van der Waals surface area contributed by atoms with E-state index in [1.54, 1.807) is 0 Å². The predicted octanol–water partition coefficient (Wildman–Crippen LogP) is -0.940. The number of aliphatic hydroxyl groups is 3. The zero-order valence-corrected chi connectivity index (χ0v) is 10.6. The van der Waals surface area contributed by atoms with E-state index in [1.807, 2.05) is 0 Å². The van der Waals surface area contributed by atoms with Gasteiger partial charge in [0.25, 0.3) is 0 Å². The average molecular weight is 270 g/mol. The molecule has 1 aliphatic rings. The van der Waals surface area contributed by atoms with E-state index in [2.05, 4.69) is 25.3 Å². The Kier molecular flexibility index (Phi) is 6.42. The maximum Gasteiger partial charge on any atom is 0.186 e. The lowest BCUT2D eigenvalue weighted by atomic mass is 10.00. The minimum atomic E-state index is -1.27. The van der Waals surface area contributed by atoms with Crippen LogP contribution in [0.3, 0.4) is 0 Å². The molecule has 5 nitrogen and oxygen atoms in total. The van der Waals surface area contributed by atoms with Crippen molar-refractivity contribution < 1.29 is 24.8 Å². The Morgan fingerprint density at radius 2 is 1.75 bits per heavy atom. The molecular weight excluding hydrogens is 252 g/mol. The van der Waals surface area contributed by atoms with Crippen LogP contribution in [0, 0.1) is 0 Å². The fourth-order valence-corrected chi connectivity index (χ4v) is 1.90. The molecule has 0 aromatic rings. The molecule has 1 heterocycles. The maximum atomic E-state index is 9.62. The molecule has 7 heteroatoms. The Morgan fingerprint density at radius 3 is 2.31 bits per heavy atom. The van der Waals surface area contributed by atoms with Gasteiger partial charge in [-0.1, -0.05) is 0 Å². The molecule has 1 aliphatic heterocycles. The molecular formula is C9H18O5S2. The highest BCUT2D eigenvalue weighted by atomic mass is 32.1. The highest BCUT2D eigenvalue weighted by Crippen LogP contribution is 2.22. The lowest BCUT2D eigenvalue weighted by Gasteiger charge is -2.39. The van der Waals surface area contributed by atoms with Crippen molar-refractivity contribution in [3.8, 4) is 0 Å². The fourth-order valence-electron chi connectivity index (χ4n) is 1.47. The van der Waals surface area contributed by atoms with Crippen LogP contribution in [0.1, 0.15) is 6.42 Å². The Labute approximate surface area is 106 Å². The average Bonchev–Trinajstić information content (AvgIpc) is 2.29. The van der Waals surface area contributed by atoms with Crippen LogP contribution in [0.25, 0.3) is 0 Å². The summed E-state index contributed by atoms with van der Waals surface area (Å²) >= 11 is 8.02. The number of thiol groups is 2. The number of hydrogen-bond acceptors (Lipinski definition) is 7. The standard InChI is InChI=1S/C9H18O5S2/c10-6-5(4-16)14-9(8(12)7(6)11)13-2-1-3-15/h5-12,15-16H,1-4H2/t5?,6-,7-,8?,9+/m0/s1. The molecule has 0 bridgehead atoms. The smallest absolute Gasteiger partial charge is 0.186 e. The quantitative estimate of drug-likeness (QED) is 0.329. The first-order valence-corrected chi connectivity index (χ1v) is 6.41. The molecule has 0 saturated carbocycles. The third-order valence-electron chi connectivity index (χ3n) is 2.43. The van der Waals surface area contributed by atoms with Crippen LogP contribution in [0.4, 0.5) is 0 Å². The van der Waals surface area contributed by atoms with E-state index in [1.165, 1.54) is 0 Å². The minimum Gasteiger partial charge on any atom is -0.388 e. The molecule has 1 fully saturated rings. The summed E-state index contributed by atoms with van der Waals surface area (Å²) in [6.45, 7) is 0.382. The van der Waals surface area contributed by atoms with Crippen molar-refractivity contribution in [3.63, 3.8) is 0 Å². The van der Waals surface area contributed by atoms with Crippen LogP contribution >= 0.6 is 25.3 Å². The molecule has 96 valence electrons. The van der Waals surface area contributed by atoms with E-state index >= 15 is 0 Å². The van der Waals surface area contributed by atoms with E-state index < -0.39 is 30.7 Å². The minimum absolute atomic E-state index is 0.247. The monoisotopic (exact) mass is 270 g/mol. The molecule has 3 N–H and O–H groups in total. The largest absolute Gasteiger partial charge is 0.388 e. The highest BCUT2D eigenvalue weighted by Gasteiger charge is 2.43. The van der Waals surface area contributed by atoms with Crippen molar-refractivity contribution in [2.24, 2.45) is 0 Å². The lowest BCUT2D eigenvalue weighted by molar-refractivity contribution is -0.291. The van der Waals surface area contributed by atoms with Crippen molar-refractivity contribution in [2.45, 2.75) is 37.1 Å². The third-order valence-corrected chi connectivity index (χ3v) is 3.11. The molecule has 0 aromatic heterocycles. The van der Waals surface area contributed by atoms with Gasteiger partial charge in [0.15, 0.2) is 6.29 Å². The molecule has 0 radical (unpaired) electrons. The second-order valence-electron chi connectivity index (χ2n) is 3.65. The summed E-state index contributed by atoms with van der Waals surface area (Å²) in [5.41, 5.74) is 0. The number of aliphatic hydroxyl groups excluding tert-OH is 3. The van der Waals surface area contributed by atoms with E-state index in [0.717, 1.165) is 6.42 Å². The summed E-state index contributed by atoms with van der Waals surface area (Å²) in [7, 11) is 0. The van der Waals surface area contributed by atoms with Gasteiger partial charge in [-0.15, -0.1) is 0 Å². The normalized spacial score (nSPS) is 39.9. The van der Waals surface area contributed by atoms with Crippen molar-refractivity contribution in [2.75, 3.05) is 18.1 Å². The summed E-state index contributed by atoms with van der Waals surface area (Å²) in [6.07, 6.45) is -4.49. The van der Waals surface area contributed by atoms with Gasteiger partial charge in [0.2, 0.25) is 0 Å². The van der Waals surface area contributed by atoms with Gasteiger partial charge in [-0.05, 0) is 12.2 Å². The molecule has 16 heavy (non-hydrogen) atoms. The van der Waals surface area contributed by atoms with Gasteiger partial charge < -0.3 is 24.8 Å². The van der Waals surface area contributed by atoms with Crippen molar-refractivity contribution >= 4 is 25.3 Å². The van der Waals surface area contributed by atoms with E-state index in [0.29, 0.717) is 12.4 Å². The van der Waals surface area contributed by atoms with Gasteiger partial charge >= 0.3 is 0 Å². The van der Waals surface area contributed by atoms with Gasteiger partial charge in [0.05, 0.1) is 12.7 Å². The third kappa shape index (κ3) is 3.49. The van der Waals surface area contributed by atoms with Gasteiger partial charge in [-0.3, -0.25) is 0 Å². The van der Waals surface area contributed by atoms with Crippen LogP contribution < -0.4 is 0 Å². The molecule has 0 aliphatic carbocycles. The molecule has 0 amide bonds. The molecule has 2 unspecified atom stereocenters. The number of ether oxygens (including phenoxy) is 2. The zero-order valence-electron chi connectivity index (χ0n) is 8.77. The van der Waals surface area contributed by atoms with Crippen LogP contribution in [0.5, 0.6) is 0 Å². The maximum absolute atomic E-state index is 9.62. The second kappa shape index (κ2) is 7.05. The van der Waals surface area contributed by atoms with Crippen LogP contribution in [-0.4, -0.2) is 64.1 Å². The van der Waals surface area contributed by atoms with Gasteiger partial charge in [-0.25, -0.2) is 0 Å². The lowest BCUT2D eigenvalue weighted by Crippen LogP contribution is -2.58. The topological polar surface area (TPSA) is 79.2 Å². The summed E-state index contributed by atoms with van der Waals surface area (Å²) in [5, 5.41) is 28.7. The van der Waals surface area contributed by atoms with Gasteiger partial charge in [0.1, 0.15) is 18.3 Å². The SMILES string of the molecule is OC1[C@H](OCCCS)OC(CS)[C@H](O)[C@@H]1O. The Bertz CT molecular complexity index is 204. The molecule has 1 saturated heterocycles. The van der Waals surface area contributed by atoms with E-state index in [-0.39, 0.29) is 5.75 Å². The van der Waals surface area contributed by atoms with Gasteiger partial charge in [-0.2, -0.15) is 25.3 Å². The summed E-state index contributed by atoms with van der Waals surface area (Å²) in [6, 6.07) is 0. The van der Waals surface area contributed by atoms with Crippen LogP contribution in [-0.2, 0) is 9.47 Å².